The van der Waals surface area contributed by atoms with Crippen LogP contribution in [-0.2, 0) is 4.74 Å². The Hall–Kier alpha value is -1.55. The summed E-state index contributed by atoms with van der Waals surface area (Å²) < 4.78 is 5.56. The number of carbonyl (C=O) groups excluding carboxylic acids is 1. The molecule has 1 amide bonds. The van der Waals surface area contributed by atoms with Crippen molar-refractivity contribution < 1.29 is 14.6 Å². The lowest BCUT2D eigenvalue weighted by Crippen LogP contribution is -2.42. The van der Waals surface area contributed by atoms with Crippen LogP contribution in [0.1, 0.15) is 30.1 Å². The van der Waals surface area contributed by atoms with Crippen molar-refractivity contribution in [2.75, 3.05) is 32.8 Å². The molecule has 1 aromatic rings. The number of nitrogens with one attached hydrogen (secondary N) is 3. The van der Waals surface area contributed by atoms with Gasteiger partial charge in [-0.1, -0.05) is 12.1 Å². The number of benzene rings is 1. The summed E-state index contributed by atoms with van der Waals surface area (Å²) in [7, 11) is 0. The summed E-state index contributed by atoms with van der Waals surface area (Å²) >= 11 is 0. The number of guanidine groups is 1. The van der Waals surface area contributed by atoms with Crippen molar-refractivity contribution in [1.82, 2.24) is 16.0 Å². The van der Waals surface area contributed by atoms with Gasteiger partial charge in [0.25, 0.3) is 5.91 Å². The molecule has 1 aromatic carbocycles. The second-order valence-corrected chi connectivity index (χ2v) is 5.55. The number of aliphatic imine (C=N–C) groups is 1. The van der Waals surface area contributed by atoms with Crippen molar-refractivity contribution in [2.45, 2.75) is 25.9 Å². The summed E-state index contributed by atoms with van der Waals surface area (Å²) in [5, 5.41) is 18.8. The van der Waals surface area contributed by atoms with Crippen LogP contribution in [0, 0.1) is 0 Å². The summed E-state index contributed by atoms with van der Waals surface area (Å²) in [4.78, 5) is 16.5. The monoisotopic (exact) mass is 462 g/mol. The van der Waals surface area contributed by atoms with Gasteiger partial charge in [0.05, 0.1) is 18.2 Å². The molecule has 1 aliphatic heterocycles. The number of amides is 1. The number of phenolic OH excluding ortho intramolecular Hbond substituents is 1. The van der Waals surface area contributed by atoms with Gasteiger partial charge in [-0.25, -0.2) is 0 Å². The summed E-state index contributed by atoms with van der Waals surface area (Å²) in [5.74, 6) is 0.399. The first-order valence-corrected chi connectivity index (χ1v) is 8.40. The molecule has 140 valence electrons. The summed E-state index contributed by atoms with van der Waals surface area (Å²) in [6.07, 6.45) is 2.36. The lowest BCUT2D eigenvalue weighted by molar-refractivity contribution is 0.0951. The van der Waals surface area contributed by atoms with Gasteiger partial charge in [-0.15, -0.1) is 24.0 Å². The normalized spacial score (nSPS) is 16.8. The summed E-state index contributed by atoms with van der Waals surface area (Å²) in [5.41, 5.74) is 0.274. The van der Waals surface area contributed by atoms with Gasteiger partial charge >= 0.3 is 0 Å². The molecule has 0 saturated carbocycles. The van der Waals surface area contributed by atoms with Crippen molar-refractivity contribution in [3.8, 4) is 5.75 Å². The highest BCUT2D eigenvalue weighted by Crippen LogP contribution is 2.14. The maximum absolute atomic E-state index is 12.0. The Balaban J connectivity index is 0.00000312. The van der Waals surface area contributed by atoms with Crippen molar-refractivity contribution in [1.29, 1.82) is 0 Å². The maximum Gasteiger partial charge on any atom is 0.255 e. The zero-order valence-corrected chi connectivity index (χ0v) is 16.8. The third-order valence-corrected chi connectivity index (χ3v) is 3.67. The van der Waals surface area contributed by atoms with Gasteiger partial charge in [-0.3, -0.25) is 9.79 Å². The number of aromatic hydroxyl groups is 1. The van der Waals surface area contributed by atoms with Crippen molar-refractivity contribution in [3.63, 3.8) is 0 Å². The Morgan fingerprint density at radius 3 is 2.72 bits per heavy atom. The molecule has 1 unspecified atom stereocenters. The van der Waals surface area contributed by atoms with Crippen LogP contribution in [0.25, 0.3) is 0 Å². The number of hydrogen-bond acceptors (Lipinski definition) is 4. The molecule has 1 heterocycles. The molecule has 25 heavy (non-hydrogen) atoms. The Labute approximate surface area is 165 Å². The van der Waals surface area contributed by atoms with E-state index in [2.05, 4.69) is 20.9 Å². The van der Waals surface area contributed by atoms with E-state index in [4.69, 9.17) is 4.74 Å². The van der Waals surface area contributed by atoms with Crippen LogP contribution in [0.3, 0.4) is 0 Å². The lowest BCUT2D eigenvalue weighted by atomic mass is 10.2. The smallest absolute Gasteiger partial charge is 0.255 e. The molecular formula is C17H27IN4O3. The van der Waals surface area contributed by atoms with E-state index in [1.165, 1.54) is 6.07 Å². The fraction of sp³-hybridized carbons (Fsp3) is 0.529. The lowest BCUT2D eigenvalue weighted by Gasteiger charge is -2.13. The number of ether oxygens (including phenoxy) is 1. The van der Waals surface area contributed by atoms with Gasteiger partial charge in [0.15, 0.2) is 5.96 Å². The largest absolute Gasteiger partial charge is 0.507 e. The Morgan fingerprint density at radius 2 is 2.04 bits per heavy atom. The van der Waals surface area contributed by atoms with Crippen LogP contribution in [0.2, 0.25) is 0 Å². The standard InChI is InChI=1S/C17H26N4O3.HI/c1-2-18-17(21-12-13-6-5-11-24-13)20-10-9-19-16(23)14-7-3-4-8-15(14)22;/h3-4,7-8,13,22H,2,5-6,9-12H2,1H3,(H,19,23)(H2,18,20,21);1H. The fourth-order valence-corrected chi connectivity index (χ4v) is 2.44. The van der Waals surface area contributed by atoms with E-state index in [0.29, 0.717) is 25.6 Å². The maximum atomic E-state index is 12.0. The number of nitrogens with zero attached hydrogens (tertiary/aromatic N) is 1. The predicted molar refractivity (Wildman–Crippen MR) is 109 cm³/mol. The van der Waals surface area contributed by atoms with Crippen molar-refractivity contribution in [3.05, 3.63) is 29.8 Å². The van der Waals surface area contributed by atoms with Gasteiger partial charge in [-0.05, 0) is 31.9 Å². The zero-order chi connectivity index (χ0) is 17.2. The van der Waals surface area contributed by atoms with Gasteiger partial charge in [-0.2, -0.15) is 0 Å². The molecule has 2 rings (SSSR count). The van der Waals surface area contributed by atoms with Crippen LogP contribution in [0.15, 0.2) is 29.3 Å². The van der Waals surface area contributed by atoms with Crippen LogP contribution < -0.4 is 16.0 Å². The van der Waals surface area contributed by atoms with Crippen LogP contribution in [0.4, 0.5) is 0 Å². The highest BCUT2D eigenvalue weighted by Gasteiger charge is 2.15. The predicted octanol–water partition coefficient (Wildman–Crippen LogP) is 1.47. The number of hydrogen-bond donors (Lipinski definition) is 4. The van der Waals surface area contributed by atoms with Gasteiger partial charge < -0.3 is 25.8 Å². The molecule has 1 fully saturated rings. The Kier molecular flexibility index (Phi) is 10.2. The zero-order valence-electron chi connectivity index (χ0n) is 14.5. The van der Waals surface area contributed by atoms with E-state index in [9.17, 15) is 9.90 Å². The quantitative estimate of drug-likeness (QED) is 0.213. The molecule has 1 aliphatic rings. The van der Waals surface area contributed by atoms with Crippen LogP contribution >= 0.6 is 24.0 Å². The molecule has 1 atom stereocenters. The second kappa shape index (κ2) is 11.9. The average molecular weight is 462 g/mol. The van der Waals surface area contributed by atoms with E-state index in [-0.39, 0.29) is 47.3 Å². The minimum Gasteiger partial charge on any atom is -0.507 e. The van der Waals surface area contributed by atoms with Gasteiger partial charge in [0, 0.05) is 26.2 Å². The number of halogens is 1. The first-order valence-electron chi connectivity index (χ1n) is 8.40. The Bertz CT molecular complexity index is 563. The third-order valence-electron chi connectivity index (χ3n) is 3.67. The topological polar surface area (TPSA) is 95.0 Å². The van der Waals surface area contributed by atoms with Gasteiger partial charge in [0.2, 0.25) is 0 Å². The minimum atomic E-state index is -0.295. The number of para-hydroxylation sites is 1. The van der Waals surface area contributed by atoms with Crippen molar-refractivity contribution in [2.24, 2.45) is 4.99 Å². The number of carbonyl (C=O) groups is 1. The number of rotatable bonds is 7. The molecule has 0 aliphatic carbocycles. The first kappa shape index (κ1) is 21.5. The van der Waals surface area contributed by atoms with E-state index in [1.807, 2.05) is 6.92 Å². The molecular weight excluding hydrogens is 435 g/mol. The third kappa shape index (κ3) is 7.47. The summed E-state index contributed by atoms with van der Waals surface area (Å²) in [6, 6.07) is 6.48. The Morgan fingerprint density at radius 1 is 1.28 bits per heavy atom. The van der Waals surface area contributed by atoms with Crippen LogP contribution in [0.5, 0.6) is 5.75 Å². The molecule has 1 saturated heterocycles. The first-order chi connectivity index (χ1) is 11.7. The molecule has 0 radical (unpaired) electrons. The molecule has 0 aromatic heterocycles. The molecule has 7 nitrogen and oxygen atoms in total. The van der Waals surface area contributed by atoms with E-state index in [1.54, 1.807) is 18.2 Å². The average Bonchev–Trinajstić information content (AvgIpc) is 3.10. The highest BCUT2D eigenvalue weighted by molar-refractivity contribution is 14.0. The van der Waals surface area contributed by atoms with E-state index >= 15 is 0 Å². The van der Waals surface area contributed by atoms with E-state index < -0.39 is 0 Å². The molecule has 4 N–H and O–H groups in total. The van der Waals surface area contributed by atoms with Crippen molar-refractivity contribution >= 4 is 35.8 Å². The minimum absolute atomic E-state index is 0. The fourth-order valence-electron chi connectivity index (χ4n) is 2.44. The molecule has 0 spiro atoms. The summed E-state index contributed by atoms with van der Waals surface area (Å²) in [6.45, 7) is 5.20. The highest BCUT2D eigenvalue weighted by atomic mass is 127. The SMILES string of the molecule is CCNC(=NCC1CCCO1)NCCNC(=O)c1ccccc1O.I. The van der Waals surface area contributed by atoms with E-state index in [0.717, 1.165) is 26.0 Å². The molecule has 8 heteroatoms. The molecule has 0 bridgehead atoms. The second-order valence-electron chi connectivity index (χ2n) is 5.55. The number of phenols is 1. The van der Waals surface area contributed by atoms with Crippen LogP contribution in [-0.4, -0.2) is 55.9 Å². The van der Waals surface area contributed by atoms with Gasteiger partial charge in [0.1, 0.15) is 5.75 Å².